The lowest BCUT2D eigenvalue weighted by Gasteiger charge is -2.46. The van der Waals surface area contributed by atoms with Crippen LogP contribution in [0.1, 0.15) is 10.4 Å². The number of carbonyl (C=O) groups excluding carboxylic acids is 1. The van der Waals surface area contributed by atoms with Gasteiger partial charge in [0.1, 0.15) is 23.4 Å². The number of rotatable bonds is 5. The van der Waals surface area contributed by atoms with E-state index in [1.54, 1.807) is 33.9 Å². The van der Waals surface area contributed by atoms with Crippen LogP contribution < -0.4 is 9.47 Å². The highest BCUT2D eigenvalue weighted by atomic mass is 19.4. The summed E-state index contributed by atoms with van der Waals surface area (Å²) in [5, 5.41) is 13.9. The summed E-state index contributed by atoms with van der Waals surface area (Å²) in [6.45, 7) is -1.73. The fourth-order valence-electron chi connectivity index (χ4n) is 4.28. The van der Waals surface area contributed by atoms with Crippen molar-refractivity contribution in [2.45, 2.75) is 11.8 Å². The van der Waals surface area contributed by atoms with Crippen molar-refractivity contribution in [3.05, 3.63) is 54.6 Å². The summed E-state index contributed by atoms with van der Waals surface area (Å²) in [6, 6.07) is 8.94. The monoisotopic (exact) mass is 501 g/mol. The second kappa shape index (κ2) is 8.26. The Balaban J connectivity index is 1.50. The predicted octanol–water partition coefficient (Wildman–Crippen LogP) is 3.19. The van der Waals surface area contributed by atoms with Gasteiger partial charge in [0, 0.05) is 30.9 Å². The molecular formula is C24H22F3N5O4. The van der Waals surface area contributed by atoms with Gasteiger partial charge in [0.15, 0.2) is 5.60 Å². The number of imidazole rings is 1. The number of methoxy groups -OCH3 is 2. The van der Waals surface area contributed by atoms with Gasteiger partial charge in [-0.25, -0.2) is 4.98 Å². The summed E-state index contributed by atoms with van der Waals surface area (Å²) >= 11 is 0. The van der Waals surface area contributed by atoms with Crippen molar-refractivity contribution in [1.82, 2.24) is 24.2 Å². The number of benzene rings is 2. The summed E-state index contributed by atoms with van der Waals surface area (Å²) in [5.41, 5.74) is 1.02. The molecule has 1 aliphatic rings. The van der Waals surface area contributed by atoms with Crippen LogP contribution >= 0.6 is 0 Å². The van der Waals surface area contributed by atoms with Gasteiger partial charge < -0.3 is 19.5 Å². The molecule has 1 aliphatic heterocycles. The van der Waals surface area contributed by atoms with Crippen molar-refractivity contribution < 1.29 is 32.5 Å². The number of amides is 1. The number of β-amino-alcohol motifs (C(OH)–C–C–N with tert-alkyl or cyclic N) is 1. The van der Waals surface area contributed by atoms with Crippen molar-refractivity contribution >= 4 is 16.9 Å². The van der Waals surface area contributed by atoms with Crippen LogP contribution in [0.15, 0.2) is 49.1 Å². The molecule has 2 aromatic carbocycles. The quantitative estimate of drug-likeness (QED) is 0.452. The smallest absolute Gasteiger partial charge is 0.420 e. The normalized spacial score (nSPS) is 15.1. The number of alkyl halides is 3. The Morgan fingerprint density at radius 3 is 2.31 bits per heavy atom. The number of halogens is 3. The lowest BCUT2D eigenvalue weighted by atomic mass is 9.92. The summed E-state index contributed by atoms with van der Waals surface area (Å²) in [4.78, 5) is 18.4. The van der Waals surface area contributed by atoms with Crippen molar-refractivity contribution in [3.8, 4) is 28.3 Å². The molecule has 0 atom stereocenters. The van der Waals surface area contributed by atoms with E-state index in [-0.39, 0.29) is 17.1 Å². The Morgan fingerprint density at radius 1 is 1.08 bits per heavy atom. The largest absolute Gasteiger partial charge is 0.496 e. The molecule has 0 aliphatic carbocycles. The third-order valence-corrected chi connectivity index (χ3v) is 6.29. The minimum absolute atomic E-state index is 0.0312. The number of fused-ring (bicyclic) bond motifs is 1. The van der Waals surface area contributed by atoms with Gasteiger partial charge in [0.05, 0.1) is 50.2 Å². The van der Waals surface area contributed by atoms with E-state index in [0.717, 1.165) is 27.1 Å². The molecule has 188 valence electrons. The first kappa shape index (κ1) is 23.7. The van der Waals surface area contributed by atoms with Gasteiger partial charge in [-0.1, -0.05) is 6.07 Å². The highest BCUT2D eigenvalue weighted by Crippen LogP contribution is 2.41. The van der Waals surface area contributed by atoms with Crippen molar-refractivity contribution in [2.75, 3.05) is 27.3 Å². The van der Waals surface area contributed by atoms with Crippen LogP contribution in [0, 0.1) is 0 Å². The number of aliphatic hydroxyl groups is 1. The van der Waals surface area contributed by atoms with E-state index < -0.39 is 30.8 Å². The fourth-order valence-corrected chi connectivity index (χ4v) is 4.28. The van der Waals surface area contributed by atoms with Crippen molar-refractivity contribution in [2.24, 2.45) is 7.05 Å². The first-order valence-corrected chi connectivity index (χ1v) is 10.9. The van der Waals surface area contributed by atoms with Crippen LogP contribution in [-0.2, 0) is 7.05 Å². The number of carbonyl (C=O) groups is 1. The molecule has 1 amide bonds. The minimum atomic E-state index is -4.83. The molecule has 9 nitrogen and oxygen atoms in total. The van der Waals surface area contributed by atoms with E-state index in [4.69, 9.17) is 9.47 Å². The second-order valence-corrected chi connectivity index (χ2v) is 8.64. The molecule has 1 N–H and O–H groups in total. The van der Waals surface area contributed by atoms with Gasteiger partial charge >= 0.3 is 6.18 Å². The SMILES string of the molecule is COc1cc(-n2cnc3cc(-c4cnn(C)c4)ccc32)cc(OC)c1C(=O)N1CC(O)(C(F)(F)F)C1. The lowest BCUT2D eigenvalue weighted by molar-refractivity contribution is -0.294. The van der Waals surface area contributed by atoms with E-state index in [1.165, 1.54) is 14.2 Å². The molecule has 4 aromatic rings. The highest BCUT2D eigenvalue weighted by molar-refractivity contribution is 6.01. The van der Waals surface area contributed by atoms with E-state index in [2.05, 4.69) is 10.1 Å². The molecule has 0 bridgehead atoms. The van der Waals surface area contributed by atoms with E-state index in [1.807, 2.05) is 31.4 Å². The molecular weight excluding hydrogens is 479 g/mol. The Hall–Kier alpha value is -4.06. The maximum Gasteiger partial charge on any atom is 0.420 e. The van der Waals surface area contributed by atoms with Crippen molar-refractivity contribution in [1.29, 1.82) is 0 Å². The Morgan fingerprint density at radius 2 is 1.75 bits per heavy atom. The van der Waals surface area contributed by atoms with E-state index in [0.29, 0.717) is 5.69 Å². The Bertz CT molecular complexity index is 1450. The Labute approximate surface area is 203 Å². The molecule has 0 unspecified atom stereocenters. The zero-order valence-electron chi connectivity index (χ0n) is 19.6. The minimum Gasteiger partial charge on any atom is -0.496 e. The summed E-state index contributed by atoms with van der Waals surface area (Å²) < 4.78 is 53.4. The van der Waals surface area contributed by atoms with Gasteiger partial charge in [0.25, 0.3) is 5.91 Å². The first-order valence-electron chi connectivity index (χ1n) is 10.9. The standard InChI is InChI=1S/C24H22F3N5O4/c1-30-10-15(9-29-30)14-4-5-18-17(6-14)28-13-32(18)16-7-19(35-2)21(20(8-16)36-3)22(33)31-11-23(34,12-31)24(25,26)27/h4-10,13,34H,11-12H2,1-3H3. The molecule has 0 spiro atoms. The maximum atomic E-state index is 13.0. The molecule has 2 aromatic heterocycles. The molecule has 12 heteroatoms. The van der Waals surface area contributed by atoms with Crippen LogP contribution in [-0.4, -0.2) is 74.3 Å². The summed E-state index contributed by atoms with van der Waals surface area (Å²) in [6.07, 6.45) is 0.446. The number of aryl methyl sites for hydroxylation is 1. The second-order valence-electron chi connectivity index (χ2n) is 8.64. The van der Waals surface area contributed by atoms with Crippen LogP contribution in [0.2, 0.25) is 0 Å². The Kier molecular flexibility index (Phi) is 5.43. The van der Waals surface area contributed by atoms with Gasteiger partial charge in [0.2, 0.25) is 0 Å². The van der Waals surface area contributed by atoms with Gasteiger partial charge in [-0.15, -0.1) is 0 Å². The van der Waals surface area contributed by atoms with E-state index >= 15 is 0 Å². The number of aromatic nitrogens is 4. The third-order valence-electron chi connectivity index (χ3n) is 6.29. The van der Waals surface area contributed by atoms with Gasteiger partial charge in [-0.3, -0.25) is 14.0 Å². The van der Waals surface area contributed by atoms with Crippen LogP contribution in [0.4, 0.5) is 13.2 Å². The van der Waals surface area contributed by atoms with Crippen LogP contribution in [0.25, 0.3) is 27.8 Å². The summed E-state index contributed by atoms with van der Waals surface area (Å²) in [7, 11) is 4.54. The zero-order chi connectivity index (χ0) is 25.8. The molecule has 0 saturated carbocycles. The number of ether oxygens (including phenoxy) is 2. The number of hydrogen-bond acceptors (Lipinski definition) is 6. The maximum absolute atomic E-state index is 13.0. The topological polar surface area (TPSA) is 94.6 Å². The first-order chi connectivity index (χ1) is 17.0. The zero-order valence-corrected chi connectivity index (χ0v) is 19.6. The molecule has 36 heavy (non-hydrogen) atoms. The average Bonchev–Trinajstić information content (AvgIpc) is 3.45. The number of hydrogen-bond donors (Lipinski definition) is 1. The van der Waals surface area contributed by atoms with E-state index in [9.17, 15) is 23.1 Å². The molecule has 1 fully saturated rings. The predicted molar refractivity (Wildman–Crippen MR) is 123 cm³/mol. The summed E-state index contributed by atoms with van der Waals surface area (Å²) in [5.74, 6) is -0.503. The molecule has 5 rings (SSSR count). The fraction of sp³-hybridized carbons (Fsp3) is 0.292. The number of likely N-dealkylation sites (tertiary alicyclic amines) is 1. The van der Waals surface area contributed by atoms with Gasteiger partial charge in [-0.2, -0.15) is 18.3 Å². The molecule has 3 heterocycles. The molecule has 1 saturated heterocycles. The number of nitrogens with zero attached hydrogens (tertiary/aromatic N) is 5. The van der Waals surface area contributed by atoms with Crippen LogP contribution in [0.3, 0.4) is 0 Å². The lowest BCUT2D eigenvalue weighted by Crippen LogP contribution is -2.70. The van der Waals surface area contributed by atoms with Gasteiger partial charge in [-0.05, 0) is 17.7 Å². The highest BCUT2D eigenvalue weighted by Gasteiger charge is 2.62. The third kappa shape index (κ3) is 3.73. The average molecular weight is 501 g/mol. The molecule has 0 radical (unpaired) electrons. The van der Waals surface area contributed by atoms with Crippen molar-refractivity contribution in [3.63, 3.8) is 0 Å². The van der Waals surface area contributed by atoms with Crippen LogP contribution in [0.5, 0.6) is 11.5 Å².